The van der Waals surface area contributed by atoms with Crippen molar-refractivity contribution in [2.24, 2.45) is 0 Å². The van der Waals surface area contributed by atoms with Crippen molar-refractivity contribution in [3.63, 3.8) is 0 Å². The van der Waals surface area contributed by atoms with Crippen molar-refractivity contribution in [2.75, 3.05) is 6.54 Å². The van der Waals surface area contributed by atoms with Crippen molar-refractivity contribution in [1.29, 1.82) is 0 Å². The Labute approximate surface area is 155 Å². The Balaban J connectivity index is 1.72. The summed E-state index contributed by atoms with van der Waals surface area (Å²) < 4.78 is 0. The minimum absolute atomic E-state index is 0.193. The predicted molar refractivity (Wildman–Crippen MR) is 100 cm³/mol. The van der Waals surface area contributed by atoms with Crippen molar-refractivity contribution in [2.45, 2.75) is 9.79 Å². The van der Waals surface area contributed by atoms with Gasteiger partial charge in [0.25, 0.3) is 5.91 Å². The molecule has 6 heteroatoms. The van der Waals surface area contributed by atoms with E-state index in [2.05, 4.69) is 11.9 Å². The fourth-order valence-corrected chi connectivity index (χ4v) is 3.25. The van der Waals surface area contributed by atoms with Gasteiger partial charge in [-0.1, -0.05) is 41.6 Å². The molecule has 0 spiro atoms. The van der Waals surface area contributed by atoms with Crippen molar-refractivity contribution >= 4 is 41.4 Å². The van der Waals surface area contributed by atoms with E-state index in [4.69, 9.17) is 11.6 Å². The summed E-state index contributed by atoms with van der Waals surface area (Å²) in [6.45, 7) is 3.74. The molecule has 0 saturated carbocycles. The zero-order chi connectivity index (χ0) is 17.8. The van der Waals surface area contributed by atoms with E-state index in [1.165, 1.54) is 6.08 Å². The molecule has 1 aliphatic heterocycles. The summed E-state index contributed by atoms with van der Waals surface area (Å²) >= 11 is 7.51. The number of amides is 3. The topological polar surface area (TPSA) is 49.4 Å². The fraction of sp³-hybridized carbons (Fsp3) is 0.0526. The molecule has 3 rings (SSSR count). The number of carbonyl (C=O) groups excluding carboxylic acids is 2. The molecule has 2 aromatic carbocycles. The van der Waals surface area contributed by atoms with Crippen molar-refractivity contribution in [3.8, 4) is 0 Å². The van der Waals surface area contributed by atoms with Gasteiger partial charge < -0.3 is 5.32 Å². The summed E-state index contributed by atoms with van der Waals surface area (Å²) in [5.74, 6) is -0.343. The molecule has 0 bridgehead atoms. The summed E-state index contributed by atoms with van der Waals surface area (Å²) in [5.41, 5.74) is 1.11. The molecule has 0 aliphatic carbocycles. The van der Waals surface area contributed by atoms with Gasteiger partial charge in [0.05, 0.1) is 0 Å². The molecule has 1 saturated heterocycles. The molecular formula is C19H15ClN2O2S. The molecule has 4 nitrogen and oxygen atoms in total. The Morgan fingerprint density at radius 1 is 1.04 bits per heavy atom. The van der Waals surface area contributed by atoms with E-state index in [1.54, 1.807) is 17.8 Å². The summed E-state index contributed by atoms with van der Waals surface area (Å²) in [6, 6.07) is 14.9. The lowest BCUT2D eigenvalue weighted by Crippen LogP contribution is -2.30. The van der Waals surface area contributed by atoms with Crippen molar-refractivity contribution in [1.82, 2.24) is 10.2 Å². The van der Waals surface area contributed by atoms with E-state index in [0.717, 1.165) is 20.3 Å². The monoisotopic (exact) mass is 370 g/mol. The third-order valence-electron chi connectivity index (χ3n) is 3.51. The van der Waals surface area contributed by atoms with Crippen molar-refractivity contribution < 1.29 is 9.59 Å². The van der Waals surface area contributed by atoms with Crippen molar-refractivity contribution in [3.05, 3.63) is 77.5 Å². The van der Waals surface area contributed by atoms with Gasteiger partial charge in [0.1, 0.15) is 5.70 Å². The van der Waals surface area contributed by atoms with E-state index in [9.17, 15) is 9.59 Å². The van der Waals surface area contributed by atoms with Crippen LogP contribution in [0.1, 0.15) is 5.56 Å². The van der Waals surface area contributed by atoms with Crippen LogP contribution < -0.4 is 5.32 Å². The SMILES string of the molecule is C=CCN1C(=O)NC(=Cc2ccc(Sc3ccc(Cl)cc3)cc2)C1=O. The second kappa shape index (κ2) is 7.59. The molecule has 1 fully saturated rings. The standard InChI is InChI=1S/C19H15ClN2O2S/c1-2-11-22-18(23)17(21-19(22)24)12-13-3-7-15(8-4-13)25-16-9-5-14(20)6-10-16/h2-10,12H,1,11H2,(H,21,24). The van der Waals surface area contributed by atoms with Gasteiger partial charge in [-0.15, -0.1) is 6.58 Å². The second-order valence-corrected chi connectivity index (χ2v) is 6.90. The predicted octanol–water partition coefficient (Wildman–Crippen LogP) is 4.57. The average Bonchev–Trinajstić information content (AvgIpc) is 2.86. The number of urea groups is 1. The van der Waals surface area contributed by atoms with Gasteiger partial charge in [0.15, 0.2) is 0 Å². The van der Waals surface area contributed by atoms with Gasteiger partial charge in [0.2, 0.25) is 0 Å². The molecule has 126 valence electrons. The smallest absolute Gasteiger partial charge is 0.303 e. The highest BCUT2D eigenvalue weighted by molar-refractivity contribution is 7.99. The largest absolute Gasteiger partial charge is 0.329 e. The van der Waals surface area contributed by atoms with Gasteiger partial charge in [0, 0.05) is 21.4 Å². The van der Waals surface area contributed by atoms with Crippen LogP contribution in [0.5, 0.6) is 0 Å². The van der Waals surface area contributed by atoms with Crippen LogP contribution in [0.25, 0.3) is 6.08 Å². The second-order valence-electron chi connectivity index (χ2n) is 5.32. The lowest BCUT2D eigenvalue weighted by molar-refractivity contribution is -0.122. The van der Waals surface area contributed by atoms with Crippen LogP contribution >= 0.6 is 23.4 Å². The Bertz CT molecular complexity index is 845. The minimum Gasteiger partial charge on any atom is -0.303 e. The first kappa shape index (κ1) is 17.3. The van der Waals surface area contributed by atoms with Gasteiger partial charge in [-0.3, -0.25) is 9.69 Å². The number of halogens is 1. The number of benzene rings is 2. The molecule has 1 aliphatic rings. The quantitative estimate of drug-likeness (QED) is 0.476. The first-order valence-corrected chi connectivity index (χ1v) is 8.75. The van der Waals surface area contributed by atoms with E-state index < -0.39 is 6.03 Å². The molecular weight excluding hydrogens is 356 g/mol. The Morgan fingerprint density at radius 3 is 2.24 bits per heavy atom. The van der Waals surface area contributed by atoms with E-state index >= 15 is 0 Å². The zero-order valence-electron chi connectivity index (χ0n) is 13.2. The maximum Gasteiger partial charge on any atom is 0.329 e. The van der Waals surface area contributed by atoms with Gasteiger partial charge in [-0.25, -0.2) is 4.79 Å². The van der Waals surface area contributed by atoms with Gasteiger partial charge >= 0.3 is 6.03 Å². The third-order valence-corrected chi connectivity index (χ3v) is 4.78. The third kappa shape index (κ3) is 4.13. The minimum atomic E-state index is -0.425. The number of hydrogen-bond acceptors (Lipinski definition) is 3. The van der Waals surface area contributed by atoms with Crippen LogP contribution in [-0.4, -0.2) is 23.4 Å². The number of rotatable bonds is 5. The summed E-state index contributed by atoms with van der Waals surface area (Å²) in [6.07, 6.45) is 3.18. The Hall–Kier alpha value is -2.50. The summed E-state index contributed by atoms with van der Waals surface area (Å²) in [4.78, 5) is 27.2. The number of imide groups is 1. The highest BCUT2D eigenvalue weighted by atomic mass is 35.5. The molecule has 1 N–H and O–H groups in total. The normalized spacial score (nSPS) is 15.6. The first-order chi connectivity index (χ1) is 12.1. The maximum absolute atomic E-state index is 12.2. The Morgan fingerprint density at radius 2 is 1.64 bits per heavy atom. The molecule has 0 unspecified atom stereocenters. The number of nitrogens with zero attached hydrogens (tertiary/aromatic N) is 1. The zero-order valence-corrected chi connectivity index (χ0v) is 14.8. The van der Waals surface area contributed by atoms with Gasteiger partial charge in [-0.05, 0) is 48.0 Å². The maximum atomic E-state index is 12.2. The van der Waals surface area contributed by atoms with Crippen LogP contribution in [0.3, 0.4) is 0 Å². The lowest BCUT2D eigenvalue weighted by Gasteiger charge is -2.06. The lowest BCUT2D eigenvalue weighted by atomic mass is 10.2. The van der Waals surface area contributed by atoms with E-state index in [1.807, 2.05) is 48.5 Å². The molecule has 3 amide bonds. The Kier molecular flexibility index (Phi) is 5.26. The first-order valence-electron chi connectivity index (χ1n) is 7.56. The van der Waals surface area contributed by atoms with Crippen LogP contribution in [0.2, 0.25) is 5.02 Å². The molecule has 0 radical (unpaired) electrons. The molecule has 0 atom stereocenters. The fourth-order valence-electron chi connectivity index (χ4n) is 2.30. The number of nitrogens with one attached hydrogen (secondary N) is 1. The van der Waals surface area contributed by atoms with Crippen LogP contribution in [0, 0.1) is 0 Å². The molecule has 0 aromatic heterocycles. The van der Waals surface area contributed by atoms with Crippen LogP contribution in [-0.2, 0) is 4.79 Å². The van der Waals surface area contributed by atoms with Crippen LogP contribution in [0.4, 0.5) is 4.79 Å². The van der Waals surface area contributed by atoms with Crippen LogP contribution in [0.15, 0.2) is 76.7 Å². The van der Waals surface area contributed by atoms with Gasteiger partial charge in [-0.2, -0.15) is 0 Å². The summed E-state index contributed by atoms with van der Waals surface area (Å²) in [7, 11) is 0. The molecule has 2 aromatic rings. The van der Waals surface area contributed by atoms with E-state index in [-0.39, 0.29) is 18.1 Å². The number of carbonyl (C=O) groups is 2. The highest BCUT2D eigenvalue weighted by Gasteiger charge is 2.32. The van der Waals surface area contributed by atoms with E-state index in [0.29, 0.717) is 5.02 Å². The highest BCUT2D eigenvalue weighted by Crippen LogP contribution is 2.29. The molecule has 25 heavy (non-hydrogen) atoms. The molecule has 1 heterocycles. The average molecular weight is 371 g/mol. The summed E-state index contributed by atoms with van der Waals surface area (Å²) in [5, 5.41) is 3.29. The number of hydrogen-bond donors (Lipinski definition) is 1.